The summed E-state index contributed by atoms with van der Waals surface area (Å²) in [7, 11) is 1.75. The number of carboxylic acids is 1. The Kier molecular flexibility index (Phi) is 3.66. The number of likely N-dealkylation sites (N-methyl/N-ethyl adjacent to an activating group) is 1. The summed E-state index contributed by atoms with van der Waals surface area (Å²) in [5.74, 6) is -0.667. The standard InChI is InChI=1S/C12H20N2O3/c1-13-7-10(6-12(16)17)14(8-11(13)15)9-4-2-3-5-9/h9-10H,2-8H2,1H3,(H,16,17). The molecule has 1 saturated carbocycles. The average Bonchev–Trinajstić information content (AvgIpc) is 2.75. The minimum Gasteiger partial charge on any atom is -0.481 e. The summed E-state index contributed by atoms with van der Waals surface area (Å²) in [6.07, 6.45) is 4.74. The maximum atomic E-state index is 11.7. The third kappa shape index (κ3) is 2.77. The van der Waals surface area contributed by atoms with Crippen LogP contribution in [0.2, 0.25) is 0 Å². The number of carbonyl (C=O) groups excluding carboxylic acids is 1. The van der Waals surface area contributed by atoms with Gasteiger partial charge in [-0.15, -0.1) is 0 Å². The van der Waals surface area contributed by atoms with Crippen LogP contribution in [0.1, 0.15) is 32.1 Å². The van der Waals surface area contributed by atoms with Gasteiger partial charge in [0.25, 0.3) is 0 Å². The Morgan fingerprint density at radius 2 is 2.06 bits per heavy atom. The van der Waals surface area contributed by atoms with E-state index in [4.69, 9.17) is 5.11 Å². The molecule has 0 aromatic heterocycles. The molecule has 2 rings (SSSR count). The van der Waals surface area contributed by atoms with Gasteiger partial charge >= 0.3 is 5.97 Å². The lowest BCUT2D eigenvalue weighted by atomic mass is 10.0. The quantitative estimate of drug-likeness (QED) is 0.782. The molecule has 5 heteroatoms. The lowest BCUT2D eigenvalue weighted by Gasteiger charge is -2.42. The van der Waals surface area contributed by atoms with Gasteiger partial charge in [-0.05, 0) is 12.8 Å². The lowest BCUT2D eigenvalue weighted by Crippen LogP contribution is -2.58. The number of aliphatic carboxylic acids is 1. The highest BCUT2D eigenvalue weighted by Gasteiger charge is 2.36. The van der Waals surface area contributed by atoms with Crippen LogP contribution in [-0.2, 0) is 9.59 Å². The fourth-order valence-corrected chi connectivity index (χ4v) is 2.98. The first-order valence-corrected chi connectivity index (χ1v) is 6.29. The minimum absolute atomic E-state index is 0.0155. The summed E-state index contributed by atoms with van der Waals surface area (Å²) in [6.45, 7) is 0.931. The van der Waals surface area contributed by atoms with Crippen molar-refractivity contribution in [1.82, 2.24) is 9.80 Å². The molecule has 1 aliphatic heterocycles. The molecule has 96 valence electrons. The van der Waals surface area contributed by atoms with Gasteiger partial charge in [0, 0.05) is 25.7 Å². The van der Waals surface area contributed by atoms with Crippen LogP contribution >= 0.6 is 0 Å². The van der Waals surface area contributed by atoms with Crippen molar-refractivity contribution in [3.8, 4) is 0 Å². The summed E-state index contributed by atoms with van der Waals surface area (Å²) < 4.78 is 0. The first-order valence-electron chi connectivity index (χ1n) is 6.29. The highest BCUT2D eigenvalue weighted by molar-refractivity contribution is 5.79. The largest absolute Gasteiger partial charge is 0.481 e. The second-order valence-electron chi connectivity index (χ2n) is 5.14. The Hall–Kier alpha value is -1.10. The molecule has 1 aliphatic carbocycles. The van der Waals surface area contributed by atoms with Gasteiger partial charge in [0.15, 0.2) is 0 Å². The van der Waals surface area contributed by atoms with Crippen LogP contribution in [-0.4, -0.2) is 59.0 Å². The number of hydrogen-bond donors (Lipinski definition) is 1. The van der Waals surface area contributed by atoms with Crippen molar-refractivity contribution >= 4 is 11.9 Å². The van der Waals surface area contributed by atoms with E-state index in [-0.39, 0.29) is 18.4 Å². The fourth-order valence-electron chi connectivity index (χ4n) is 2.98. The molecule has 17 heavy (non-hydrogen) atoms. The lowest BCUT2D eigenvalue weighted by molar-refractivity contribution is -0.145. The van der Waals surface area contributed by atoms with Crippen molar-refractivity contribution in [1.29, 1.82) is 0 Å². The maximum absolute atomic E-state index is 11.7. The third-order valence-corrected chi connectivity index (χ3v) is 3.90. The maximum Gasteiger partial charge on any atom is 0.305 e. The summed E-state index contributed by atoms with van der Waals surface area (Å²) >= 11 is 0. The van der Waals surface area contributed by atoms with Gasteiger partial charge in [-0.1, -0.05) is 12.8 Å². The van der Waals surface area contributed by atoms with E-state index in [2.05, 4.69) is 4.90 Å². The minimum atomic E-state index is -0.777. The van der Waals surface area contributed by atoms with Crippen molar-refractivity contribution in [3.05, 3.63) is 0 Å². The van der Waals surface area contributed by atoms with Crippen LogP contribution in [0.5, 0.6) is 0 Å². The Morgan fingerprint density at radius 3 is 2.65 bits per heavy atom. The number of piperazine rings is 1. The third-order valence-electron chi connectivity index (χ3n) is 3.90. The Labute approximate surface area is 101 Å². The van der Waals surface area contributed by atoms with E-state index in [1.807, 2.05) is 0 Å². The number of rotatable bonds is 3. The summed E-state index contributed by atoms with van der Waals surface area (Å²) in [4.78, 5) is 26.4. The van der Waals surface area contributed by atoms with Crippen LogP contribution in [0.3, 0.4) is 0 Å². The zero-order valence-electron chi connectivity index (χ0n) is 10.3. The molecule has 0 spiro atoms. The average molecular weight is 240 g/mol. The second kappa shape index (κ2) is 5.04. The van der Waals surface area contributed by atoms with Crippen molar-refractivity contribution < 1.29 is 14.7 Å². The van der Waals surface area contributed by atoms with Crippen molar-refractivity contribution in [2.24, 2.45) is 0 Å². The highest BCUT2D eigenvalue weighted by Crippen LogP contribution is 2.27. The molecule has 1 N–H and O–H groups in total. The van der Waals surface area contributed by atoms with E-state index in [1.165, 1.54) is 12.8 Å². The first kappa shape index (κ1) is 12.4. The topological polar surface area (TPSA) is 60.9 Å². The molecular formula is C12H20N2O3. The van der Waals surface area contributed by atoms with Crippen LogP contribution in [0, 0.1) is 0 Å². The van der Waals surface area contributed by atoms with Gasteiger partial charge in [0.1, 0.15) is 0 Å². The van der Waals surface area contributed by atoms with Gasteiger partial charge in [0.2, 0.25) is 5.91 Å². The molecule has 1 amide bonds. The van der Waals surface area contributed by atoms with Crippen LogP contribution in [0.4, 0.5) is 0 Å². The summed E-state index contributed by atoms with van der Waals surface area (Å²) in [5, 5.41) is 8.95. The molecular weight excluding hydrogens is 220 g/mol. The van der Waals surface area contributed by atoms with Gasteiger partial charge < -0.3 is 10.0 Å². The molecule has 0 radical (unpaired) electrons. The number of carboxylic acid groups (broad SMARTS) is 1. The predicted molar refractivity (Wildman–Crippen MR) is 62.6 cm³/mol. The Morgan fingerprint density at radius 1 is 1.41 bits per heavy atom. The fraction of sp³-hybridized carbons (Fsp3) is 0.833. The van der Waals surface area contributed by atoms with Crippen molar-refractivity contribution in [2.45, 2.75) is 44.2 Å². The van der Waals surface area contributed by atoms with E-state index in [9.17, 15) is 9.59 Å². The normalized spacial score (nSPS) is 27.7. The van der Waals surface area contributed by atoms with E-state index < -0.39 is 5.97 Å². The molecule has 0 aromatic rings. The molecule has 1 atom stereocenters. The monoisotopic (exact) mass is 240 g/mol. The van der Waals surface area contributed by atoms with Gasteiger partial charge in [-0.25, -0.2) is 0 Å². The second-order valence-corrected chi connectivity index (χ2v) is 5.14. The summed E-state index contributed by atoms with van der Waals surface area (Å²) in [6, 6.07) is 0.398. The SMILES string of the molecule is CN1CC(CC(=O)O)N(C2CCCC2)CC1=O. The smallest absolute Gasteiger partial charge is 0.305 e. The molecule has 1 unspecified atom stereocenters. The van der Waals surface area contributed by atoms with Gasteiger partial charge in [-0.2, -0.15) is 0 Å². The molecule has 1 heterocycles. The predicted octanol–water partition coefficient (Wildman–Crippen LogP) is 0.546. The molecule has 0 aromatic carbocycles. The number of amides is 1. The Bertz CT molecular complexity index is 313. The van der Waals surface area contributed by atoms with Crippen LogP contribution < -0.4 is 0 Å². The van der Waals surface area contributed by atoms with Crippen molar-refractivity contribution in [3.63, 3.8) is 0 Å². The van der Waals surface area contributed by atoms with E-state index in [0.29, 0.717) is 19.1 Å². The molecule has 2 fully saturated rings. The molecule has 5 nitrogen and oxygen atoms in total. The zero-order chi connectivity index (χ0) is 12.4. The van der Waals surface area contributed by atoms with E-state index >= 15 is 0 Å². The molecule has 2 aliphatic rings. The van der Waals surface area contributed by atoms with E-state index in [0.717, 1.165) is 12.8 Å². The van der Waals surface area contributed by atoms with E-state index in [1.54, 1.807) is 11.9 Å². The highest BCUT2D eigenvalue weighted by atomic mass is 16.4. The van der Waals surface area contributed by atoms with Crippen LogP contribution in [0.25, 0.3) is 0 Å². The van der Waals surface area contributed by atoms with Gasteiger partial charge in [0.05, 0.1) is 13.0 Å². The number of hydrogen-bond acceptors (Lipinski definition) is 3. The Balaban J connectivity index is 2.07. The summed E-state index contributed by atoms with van der Waals surface area (Å²) in [5.41, 5.74) is 0. The number of nitrogens with zero attached hydrogens (tertiary/aromatic N) is 2. The van der Waals surface area contributed by atoms with Gasteiger partial charge in [-0.3, -0.25) is 14.5 Å². The van der Waals surface area contributed by atoms with Crippen molar-refractivity contribution in [2.75, 3.05) is 20.1 Å². The molecule has 1 saturated heterocycles. The first-order chi connectivity index (χ1) is 8.08. The zero-order valence-corrected chi connectivity index (χ0v) is 10.3. The molecule has 0 bridgehead atoms. The van der Waals surface area contributed by atoms with Crippen LogP contribution in [0.15, 0.2) is 0 Å². The number of carbonyl (C=O) groups is 2.